The third-order valence-corrected chi connectivity index (χ3v) is 4.34. The van der Waals surface area contributed by atoms with Gasteiger partial charge >= 0.3 is 0 Å². The van der Waals surface area contributed by atoms with Gasteiger partial charge in [-0.3, -0.25) is 0 Å². The Morgan fingerprint density at radius 1 is 1.14 bits per heavy atom. The Morgan fingerprint density at radius 3 is 2.82 bits per heavy atom. The van der Waals surface area contributed by atoms with Crippen molar-refractivity contribution in [1.82, 2.24) is 4.98 Å². The van der Waals surface area contributed by atoms with Crippen LogP contribution in [0.15, 0.2) is 48.5 Å². The molecule has 2 aromatic carbocycles. The van der Waals surface area contributed by atoms with Crippen LogP contribution in [0.2, 0.25) is 0 Å². The summed E-state index contributed by atoms with van der Waals surface area (Å²) in [6, 6.07) is 16.6. The maximum absolute atomic E-state index is 5.67. The summed E-state index contributed by atoms with van der Waals surface area (Å²) in [6.07, 6.45) is 2.02. The van der Waals surface area contributed by atoms with Crippen molar-refractivity contribution in [2.24, 2.45) is 0 Å². The second-order valence-electron chi connectivity index (χ2n) is 5.16. The van der Waals surface area contributed by atoms with E-state index in [1.54, 1.807) is 11.3 Å². The van der Waals surface area contributed by atoms with Crippen molar-refractivity contribution in [3.63, 3.8) is 0 Å². The predicted molar refractivity (Wildman–Crippen MR) is 94.0 cm³/mol. The molecule has 0 aliphatic carbocycles. The number of fused-ring (bicyclic) bond motifs is 1. The van der Waals surface area contributed by atoms with Crippen molar-refractivity contribution in [2.75, 3.05) is 18.5 Å². The maximum atomic E-state index is 5.67. The normalized spacial score (nSPS) is 10.8. The smallest absolute Gasteiger partial charge is 0.183 e. The van der Waals surface area contributed by atoms with Gasteiger partial charge in [-0.15, -0.1) is 0 Å². The average molecular weight is 312 g/mol. The van der Waals surface area contributed by atoms with Gasteiger partial charge in [-0.25, -0.2) is 4.98 Å². The zero-order valence-corrected chi connectivity index (χ0v) is 13.5. The Balaban J connectivity index is 1.62. The first-order valence-electron chi connectivity index (χ1n) is 7.66. The molecule has 114 valence electrons. The molecule has 0 aliphatic heterocycles. The first-order valence-corrected chi connectivity index (χ1v) is 8.48. The fourth-order valence-corrected chi connectivity index (χ4v) is 3.17. The molecule has 3 rings (SSSR count). The van der Waals surface area contributed by atoms with Crippen molar-refractivity contribution in [1.29, 1.82) is 0 Å². The summed E-state index contributed by atoms with van der Waals surface area (Å²) in [6.45, 7) is 3.76. The maximum Gasteiger partial charge on any atom is 0.183 e. The van der Waals surface area contributed by atoms with E-state index in [0.29, 0.717) is 0 Å². The minimum Gasteiger partial charge on any atom is -0.494 e. The molecule has 0 radical (unpaired) electrons. The van der Waals surface area contributed by atoms with E-state index >= 15 is 0 Å². The molecule has 0 spiro atoms. The number of rotatable bonds is 7. The molecule has 0 saturated heterocycles. The third kappa shape index (κ3) is 3.77. The summed E-state index contributed by atoms with van der Waals surface area (Å²) >= 11 is 1.68. The number of hydrogen-bond acceptors (Lipinski definition) is 4. The highest BCUT2D eigenvalue weighted by Crippen LogP contribution is 2.29. The summed E-state index contributed by atoms with van der Waals surface area (Å²) in [5, 5.41) is 4.38. The van der Waals surface area contributed by atoms with Gasteiger partial charge in [0.15, 0.2) is 5.13 Å². The van der Waals surface area contributed by atoms with E-state index in [9.17, 15) is 0 Å². The van der Waals surface area contributed by atoms with Gasteiger partial charge in [0.25, 0.3) is 0 Å². The molecule has 0 aliphatic rings. The predicted octanol–water partition coefficient (Wildman–Crippen LogP) is 4.74. The van der Waals surface area contributed by atoms with Crippen molar-refractivity contribution in [3.8, 4) is 5.75 Å². The Hall–Kier alpha value is -2.07. The SMILES string of the molecule is CCCOc1ccc2nc(NCCc3ccccc3)sc2c1. The number of hydrogen-bond donors (Lipinski definition) is 1. The van der Waals surface area contributed by atoms with Crippen LogP contribution in [0.4, 0.5) is 5.13 Å². The van der Waals surface area contributed by atoms with Crippen LogP contribution < -0.4 is 10.1 Å². The highest BCUT2D eigenvalue weighted by molar-refractivity contribution is 7.22. The number of aromatic nitrogens is 1. The molecule has 0 atom stereocenters. The molecule has 0 amide bonds. The van der Waals surface area contributed by atoms with Crippen molar-refractivity contribution in [3.05, 3.63) is 54.1 Å². The van der Waals surface area contributed by atoms with Crippen LogP contribution in [0, 0.1) is 0 Å². The highest BCUT2D eigenvalue weighted by Gasteiger charge is 2.05. The Bertz CT molecular complexity index is 724. The lowest BCUT2D eigenvalue weighted by atomic mass is 10.2. The van der Waals surface area contributed by atoms with E-state index in [0.717, 1.165) is 47.1 Å². The van der Waals surface area contributed by atoms with Gasteiger partial charge in [0.05, 0.1) is 16.8 Å². The van der Waals surface area contributed by atoms with Crippen LogP contribution in [0.3, 0.4) is 0 Å². The molecule has 22 heavy (non-hydrogen) atoms. The van der Waals surface area contributed by atoms with Crippen molar-refractivity contribution in [2.45, 2.75) is 19.8 Å². The number of ether oxygens (including phenoxy) is 1. The van der Waals surface area contributed by atoms with Gasteiger partial charge in [-0.1, -0.05) is 48.6 Å². The van der Waals surface area contributed by atoms with Gasteiger partial charge < -0.3 is 10.1 Å². The van der Waals surface area contributed by atoms with Gasteiger partial charge in [-0.2, -0.15) is 0 Å². The lowest BCUT2D eigenvalue weighted by Crippen LogP contribution is -2.04. The molecule has 0 bridgehead atoms. The van der Waals surface area contributed by atoms with E-state index in [2.05, 4.69) is 47.6 Å². The van der Waals surface area contributed by atoms with Gasteiger partial charge in [0.1, 0.15) is 5.75 Å². The van der Waals surface area contributed by atoms with Crippen LogP contribution in [0.25, 0.3) is 10.2 Å². The number of nitrogens with one attached hydrogen (secondary N) is 1. The quantitative estimate of drug-likeness (QED) is 0.684. The second kappa shape index (κ2) is 7.27. The van der Waals surface area contributed by atoms with E-state index in [4.69, 9.17) is 4.74 Å². The topological polar surface area (TPSA) is 34.1 Å². The molecular formula is C18H20N2OS. The number of nitrogens with zero attached hydrogens (tertiary/aromatic N) is 1. The van der Waals surface area contributed by atoms with Crippen molar-refractivity contribution < 1.29 is 4.74 Å². The molecule has 0 fully saturated rings. The lowest BCUT2D eigenvalue weighted by molar-refractivity contribution is 0.318. The van der Waals surface area contributed by atoms with Gasteiger partial charge in [0, 0.05) is 6.54 Å². The molecule has 0 saturated carbocycles. The molecule has 1 heterocycles. The molecule has 4 heteroatoms. The van der Waals surface area contributed by atoms with Gasteiger partial charge in [-0.05, 0) is 36.6 Å². The molecule has 3 nitrogen and oxygen atoms in total. The lowest BCUT2D eigenvalue weighted by Gasteiger charge is -2.02. The Morgan fingerprint density at radius 2 is 2.00 bits per heavy atom. The standard InChI is InChI=1S/C18H20N2OS/c1-2-12-21-15-8-9-16-17(13-15)22-18(20-16)19-11-10-14-6-4-3-5-7-14/h3-9,13H,2,10-12H2,1H3,(H,19,20). The second-order valence-corrected chi connectivity index (χ2v) is 6.19. The zero-order chi connectivity index (χ0) is 15.2. The van der Waals surface area contributed by atoms with Gasteiger partial charge in [0.2, 0.25) is 0 Å². The molecule has 1 aromatic heterocycles. The van der Waals surface area contributed by atoms with Crippen LogP contribution in [0.1, 0.15) is 18.9 Å². The fraction of sp³-hybridized carbons (Fsp3) is 0.278. The Kier molecular flexibility index (Phi) is 4.91. The van der Waals surface area contributed by atoms with E-state index in [-0.39, 0.29) is 0 Å². The first-order chi connectivity index (χ1) is 10.8. The largest absolute Gasteiger partial charge is 0.494 e. The average Bonchev–Trinajstić information content (AvgIpc) is 2.96. The van der Waals surface area contributed by atoms with Crippen LogP contribution in [-0.4, -0.2) is 18.1 Å². The molecule has 0 unspecified atom stereocenters. The first kappa shape index (κ1) is 14.9. The van der Waals surface area contributed by atoms with E-state index in [1.807, 2.05) is 18.2 Å². The van der Waals surface area contributed by atoms with Crippen LogP contribution in [0.5, 0.6) is 5.75 Å². The monoisotopic (exact) mass is 312 g/mol. The Labute approximate surface area is 135 Å². The number of thiazole rings is 1. The summed E-state index contributed by atoms with van der Waals surface area (Å²) in [5.41, 5.74) is 2.36. The molecular weight excluding hydrogens is 292 g/mol. The minimum absolute atomic E-state index is 0.756. The highest BCUT2D eigenvalue weighted by atomic mass is 32.1. The summed E-state index contributed by atoms with van der Waals surface area (Å²) in [7, 11) is 0. The number of benzene rings is 2. The summed E-state index contributed by atoms with van der Waals surface area (Å²) in [4.78, 5) is 4.62. The number of anilines is 1. The molecule has 3 aromatic rings. The third-order valence-electron chi connectivity index (χ3n) is 3.37. The summed E-state index contributed by atoms with van der Waals surface area (Å²) in [5.74, 6) is 0.925. The van der Waals surface area contributed by atoms with Crippen molar-refractivity contribution >= 4 is 26.7 Å². The zero-order valence-electron chi connectivity index (χ0n) is 12.7. The van der Waals surface area contributed by atoms with E-state index < -0.39 is 0 Å². The summed E-state index contributed by atoms with van der Waals surface area (Å²) < 4.78 is 6.83. The minimum atomic E-state index is 0.756. The van der Waals surface area contributed by atoms with Crippen LogP contribution >= 0.6 is 11.3 Å². The van der Waals surface area contributed by atoms with E-state index in [1.165, 1.54) is 5.56 Å². The molecule has 1 N–H and O–H groups in total. The van der Waals surface area contributed by atoms with Crippen LogP contribution in [-0.2, 0) is 6.42 Å². The fourth-order valence-electron chi connectivity index (χ4n) is 2.25.